The van der Waals surface area contributed by atoms with Crippen LogP contribution in [0.4, 0.5) is 13.2 Å². The molecule has 1 aliphatic heterocycles. The van der Waals surface area contributed by atoms with Crippen molar-refractivity contribution in [1.29, 1.82) is 0 Å². The van der Waals surface area contributed by atoms with Crippen LogP contribution in [-0.2, 0) is 29.0 Å². The van der Waals surface area contributed by atoms with E-state index in [-0.39, 0.29) is 37.8 Å². The zero-order valence-electron chi connectivity index (χ0n) is 29.4. The number of rotatable bonds is 16. The van der Waals surface area contributed by atoms with Crippen LogP contribution in [-0.4, -0.2) is 42.0 Å². The van der Waals surface area contributed by atoms with Crippen LogP contribution in [0, 0.1) is 0 Å². The second-order valence-electron chi connectivity index (χ2n) is 12.6. The van der Waals surface area contributed by atoms with Gasteiger partial charge in [-0.15, -0.1) is 13.2 Å². The summed E-state index contributed by atoms with van der Waals surface area (Å²) in [4.78, 5) is 22.7. The molecular formula is C41H37F3N6O5. The molecule has 1 aliphatic rings. The van der Waals surface area contributed by atoms with Gasteiger partial charge in [-0.05, 0) is 75.3 Å². The number of carbonyl (C=O) groups is 1. The number of aliphatic imine (C=N–C) groups is 1. The molecule has 0 fully saturated rings. The van der Waals surface area contributed by atoms with Crippen LogP contribution < -0.4 is 20.3 Å². The van der Waals surface area contributed by atoms with E-state index in [1.807, 2.05) is 78.9 Å². The summed E-state index contributed by atoms with van der Waals surface area (Å²) in [7, 11) is 0. The first-order valence-corrected chi connectivity index (χ1v) is 17.4. The summed E-state index contributed by atoms with van der Waals surface area (Å²) in [6.45, 7) is 0.450. The Labute approximate surface area is 315 Å². The standard InChI is InChI=1S/C41H37F3N6O5/c42-41(43,44)55-36-19-11-28(12-20-36)26-46-49-39(52)40(25-33-9-4-5-10-34(33)27-47-50-45)37(31-15-13-30(14-16-31)29-7-2-1-3-8-29)54-38(48-40)32-17-21-35(22-18-32)53-24-6-23-51/h1-5,7-22,37,46,51H,6,23-27H2,(H,49,52)/t37-,40-/m0/s1. The second-order valence-corrected chi connectivity index (χ2v) is 12.6. The molecule has 0 saturated carbocycles. The van der Waals surface area contributed by atoms with Gasteiger partial charge in [0, 0.05) is 36.5 Å². The molecule has 0 aromatic heterocycles. The Morgan fingerprint density at radius 2 is 1.49 bits per heavy atom. The maximum absolute atomic E-state index is 14.7. The maximum Gasteiger partial charge on any atom is 0.573 e. The molecule has 0 radical (unpaired) electrons. The van der Waals surface area contributed by atoms with E-state index < -0.39 is 23.9 Å². The van der Waals surface area contributed by atoms with Gasteiger partial charge in [-0.3, -0.25) is 10.2 Å². The molecule has 0 saturated heterocycles. The largest absolute Gasteiger partial charge is 0.573 e. The maximum atomic E-state index is 14.7. The molecule has 3 N–H and O–H groups in total. The molecule has 0 bridgehead atoms. The van der Waals surface area contributed by atoms with Crippen molar-refractivity contribution >= 4 is 11.8 Å². The number of alkyl halides is 3. The number of amides is 1. The van der Waals surface area contributed by atoms with Crippen LogP contribution in [0.5, 0.6) is 11.5 Å². The number of halogens is 3. The van der Waals surface area contributed by atoms with E-state index in [0.717, 1.165) is 11.1 Å². The normalized spacial score (nSPS) is 16.4. The second kappa shape index (κ2) is 17.7. The van der Waals surface area contributed by atoms with Crippen molar-refractivity contribution in [1.82, 2.24) is 10.9 Å². The highest BCUT2D eigenvalue weighted by Crippen LogP contribution is 2.43. The molecule has 6 rings (SSSR count). The van der Waals surface area contributed by atoms with Crippen molar-refractivity contribution in [3.63, 3.8) is 0 Å². The molecule has 11 nitrogen and oxygen atoms in total. The van der Waals surface area contributed by atoms with E-state index >= 15 is 0 Å². The number of nitrogens with zero attached hydrogens (tertiary/aromatic N) is 4. The van der Waals surface area contributed by atoms with Crippen molar-refractivity contribution < 1.29 is 37.3 Å². The molecule has 1 heterocycles. The average molecular weight is 751 g/mol. The number of benzene rings is 5. The predicted molar refractivity (Wildman–Crippen MR) is 200 cm³/mol. The Morgan fingerprint density at radius 3 is 2.16 bits per heavy atom. The van der Waals surface area contributed by atoms with E-state index in [4.69, 9.17) is 25.1 Å². The van der Waals surface area contributed by atoms with E-state index in [9.17, 15) is 18.0 Å². The highest BCUT2D eigenvalue weighted by molar-refractivity contribution is 6.01. The van der Waals surface area contributed by atoms with Crippen molar-refractivity contribution in [2.24, 2.45) is 10.1 Å². The van der Waals surface area contributed by atoms with Gasteiger partial charge >= 0.3 is 6.36 Å². The minimum Gasteiger partial charge on any atom is -0.494 e. The number of hydrogen-bond donors (Lipinski definition) is 3. The summed E-state index contributed by atoms with van der Waals surface area (Å²) in [5.74, 6) is -0.113. The number of carbonyl (C=O) groups excluding carboxylic acids is 1. The first-order valence-electron chi connectivity index (χ1n) is 17.4. The number of azide groups is 1. The molecule has 0 unspecified atom stereocenters. The molecule has 0 aliphatic carbocycles. The number of nitrogens with one attached hydrogen (secondary N) is 2. The van der Waals surface area contributed by atoms with Gasteiger partial charge in [-0.1, -0.05) is 96.1 Å². The Hall–Kier alpha value is -6.34. The molecule has 1 amide bonds. The summed E-state index contributed by atoms with van der Waals surface area (Å²) < 4.78 is 54.4. The molecule has 14 heteroatoms. The summed E-state index contributed by atoms with van der Waals surface area (Å²) in [5, 5.41) is 12.9. The highest BCUT2D eigenvalue weighted by atomic mass is 19.4. The first-order chi connectivity index (χ1) is 26.7. The predicted octanol–water partition coefficient (Wildman–Crippen LogP) is 8.14. The minimum atomic E-state index is -4.82. The van der Waals surface area contributed by atoms with Gasteiger partial charge < -0.3 is 19.3 Å². The lowest BCUT2D eigenvalue weighted by molar-refractivity contribution is -0.274. The van der Waals surface area contributed by atoms with E-state index in [1.54, 1.807) is 24.3 Å². The highest BCUT2D eigenvalue weighted by Gasteiger charge is 2.53. The summed E-state index contributed by atoms with van der Waals surface area (Å²) >= 11 is 0. The van der Waals surface area contributed by atoms with Gasteiger partial charge in [0.25, 0.3) is 5.91 Å². The molecule has 5 aromatic rings. The molecular weight excluding hydrogens is 713 g/mol. The monoisotopic (exact) mass is 750 g/mol. The van der Waals surface area contributed by atoms with E-state index in [0.29, 0.717) is 46.6 Å². The third-order valence-corrected chi connectivity index (χ3v) is 8.88. The van der Waals surface area contributed by atoms with Crippen molar-refractivity contribution in [3.8, 4) is 22.6 Å². The number of aliphatic hydroxyl groups excluding tert-OH is 1. The third kappa shape index (κ3) is 9.81. The topological polar surface area (TPSA) is 150 Å². The first kappa shape index (κ1) is 38.4. The number of aliphatic hydroxyl groups is 1. The fourth-order valence-electron chi connectivity index (χ4n) is 6.19. The lowest BCUT2D eigenvalue weighted by atomic mass is 9.80. The molecule has 55 heavy (non-hydrogen) atoms. The number of hydrogen-bond acceptors (Lipinski definition) is 8. The Bertz CT molecular complexity index is 2130. The summed E-state index contributed by atoms with van der Waals surface area (Å²) in [5.41, 5.74) is 18.4. The minimum absolute atomic E-state index is 0.00460. The van der Waals surface area contributed by atoms with E-state index in [2.05, 4.69) is 25.6 Å². The number of hydrazine groups is 1. The average Bonchev–Trinajstić information content (AvgIpc) is 3.58. The Kier molecular flexibility index (Phi) is 12.3. The third-order valence-electron chi connectivity index (χ3n) is 8.88. The fourth-order valence-corrected chi connectivity index (χ4v) is 6.19. The van der Waals surface area contributed by atoms with Gasteiger partial charge in [0.2, 0.25) is 5.90 Å². The smallest absolute Gasteiger partial charge is 0.494 e. The summed E-state index contributed by atoms with van der Waals surface area (Å²) in [6, 6.07) is 37.2. The molecule has 5 aromatic carbocycles. The zero-order valence-corrected chi connectivity index (χ0v) is 29.4. The molecule has 2 atom stereocenters. The van der Waals surface area contributed by atoms with Crippen molar-refractivity contribution in [2.75, 3.05) is 13.2 Å². The van der Waals surface area contributed by atoms with Crippen LogP contribution in [0.25, 0.3) is 21.6 Å². The fraction of sp³-hybridized carbons (Fsp3) is 0.220. The van der Waals surface area contributed by atoms with Gasteiger partial charge in [-0.25, -0.2) is 10.4 Å². The van der Waals surface area contributed by atoms with Crippen LogP contribution in [0.2, 0.25) is 0 Å². The van der Waals surface area contributed by atoms with Crippen molar-refractivity contribution in [3.05, 3.63) is 166 Å². The quantitative estimate of drug-likeness (QED) is 0.0305. The zero-order chi connectivity index (χ0) is 38.7. The summed E-state index contributed by atoms with van der Waals surface area (Å²) in [6.07, 6.45) is -5.25. The van der Waals surface area contributed by atoms with Gasteiger partial charge in [0.05, 0.1) is 13.2 Å². The van der Waals surface area contributed by atoms with Crippen molar-refractivity contribution in [2.45, 2.75) is 43.9 Å². The SMILES string of the molecule is [N-]=[N+]=NCc1ccccc1C[C@]1(C(=O)NNCc2ccc(OC(F)(F)F)cc2)N=C(c2ccc(OCCCO)cc2)O[C@H]1c1ccc(-c2ccccc2)cc1. The van der Waals surface area contributed by atoms with Crippen LogP contribution >= 0.6 is 0 Å². The van der Waals surface area contributed by atoms with Gasteiger partial charge in [-0.2, -0.15) is 0 Å². The van der Waals surface area contributed by atoms with Crippen LogP contribution in [0.15, 0.2) is 138 Å². The lowest BCUT2D eigenvalue weighted by Gasteiger charge is -2.31. The Morgan fingerprint density at radius 1 is 0.855 bits per heavy atom. The lowest BCUT2D eigenvalue weighted by Crippen LogP contribution is -2.53. The van der Waals surface area contributed by atoms with Gasteiger partial charge in [0.1, 0.15) is 11.5 Å². The van der Waals surface area contributed by atoms with Crippen LogP contribution in [0.1, 0.15) is 40.3 Å². The van der Waals surface area contributed by atoms with E-state index in [1.165, 1.54) is 24.3 Å². The molecule has 0 spiro atoms. The molecule has 282 valence electrons. The van der Waals surface area contributed by atoms with Gasteiger partial charge in [0.15, 0.2) is 11.6 Å². The Balaban J connectivity index is 1.37. The van der Waals surface area contributed by atoms with Crippen LogP contribution in [0.3, 0.4) is 0 Å². The number of ether oxygens (including phenoxy) is 3.